The van der Waals surface area contributed by atoms with Crippen LogP contribution in [0.5, 0.6) is 0 Å². The Morgan fingerprint density at radius 3 is 2.81 bits per heavy atom. The minimum atomic E-state index is -4.54. The molecule has 2 N–H and O–H groups in total. The van der Waals surface area contributed by atoms with E-state index in [-0.39, 0.29) is 17.1 Å². The van der Waals surface area contributed by atoms with E-state index < -0.39 is 17.6 Å². The number of benzene rings is 1. The zero-order valence-corrected chi connectivity index (χ0v) is 17.2. The van der Waals surface area contributed by atoms with Crippen LogP contribution in [-0.4, -0.2) is 41.6 Å². The van der Waals surface area contributed by atoms with Gasteiger partial charge >= 0.3 is 6.18 Å². The molecule has 0 radical (unpaired) electrons. The Morgan fingerprint density at radius 1 is 1.29 bits per heavy atom. The Bertz CT molecular complexity index is 1030. The highest BCUT2D eigenvalue weighted by atomic mass is 32.2. The minimum absolute atomic E-state index is 0.0113. The van der Waals surface area contributed by atoms with Crippen molar-refractivity contribution in [1.29, 1.82) is 0 Å². The molecule has 0 saturated heterocycles. The normalized spacial score (nSPS) is 14.8. The molecule has 12 heteroatoms. The number of rotatable bonds is 7. The smallest absolute Gasteiger partial charge is 0.323 e. The Hall–Kier alpha value is -2.89. The summed E-state index contributed by atoms with van der Waals surface area (Å²) in [7, 11) is 0. The Morgan fingerprint density at radius 2 is 2.10 bits per heavy atom. The van der Waals surface area contributed by atoms with Gasteiger partial charge in [0.25, 0.3) is 0 Å². The summed E-state index contributed by atoms with van der Waals surface area (Å²) < 4.78 is 40.7. The molecule has 2 aromatic heterocycles. The fourth-order valence-corrected chi connectivity index (χ4v) is 4.20. The van der Waals surface area contributed by atoms with Crippen LogP contribution in [0.1, 0.15) is 37.1 Å². The Labute approximate surface area is 180 Å². The van der Waals surface area contributed by atoms with Crippen molar-refractivity contribution in [2.45, 2.75) is 43.4 Å². The number of hydrogen-bond donors (Lipinski definition) is 2. The molecular formula is C19H20F3N7OS. The number of H-pyrrole nitrogens is 1. The van der Waals surface area contributed by atoms with Gasteiger partial charge < -0.3 is 5.32 Å². The van der Waals surface area contributed by atoms with Crippen molar-refractivity contribution < 1.29 is 18.0 Å². The summed E-state index contributed by atoms with van der Waals surface area (Å²) in [6.07, 6.45) is 3.76. The fourth-order valence-electron chi connectivity index (χ4n) is 3.58. The molecule has 1 aromatic carbocycles. The van der Waals surface area contributed by atoms with Crippen LogP contribution in [0.15, 0.2) is 36.0 Å². The lowest BCUT2D eigenvalue weighted by atomic mass is 10.0. The van der Waals surface area contributed by atoms with Gasteiger partial charge in [0.15, 0.2) is 0 Å². The molecule has 2 heterocycles. The highest BCUT2D eigenvalue weighted by Crippen LogP contribution is 2.33. The number of aromatic nitrogens is 6. The maximum atomic E-state index is 13.1. The molecule has 0 spiro atoms. The quantitative estimate of drug-likeness (QED) is 0.529. The van der Waals surface area contributed by atoms with Crippen molar-refractivity contribution in [3.63, 3.8) is 0 Å². The van der Waals surface area contributed by atoms with Gasteiger partial charge in [0.2, 0.25) is 11.1 Å². The summed E-state index contributed by atoms with van der Waals surface area (Å²) in [4.78, 5) is 20.6. The number of nitrogens with one attached hydrogen (secondary N) is 2. The zero-order chi connectivity index (χ0) is 21.8. The first-order chi connectivity index (χ1) is 14.9. The summed E-state index contributed by atoms with van der Waals surface area (Å²) in [6.45, 7) is 0. The van der Waals surface area contributed by atoms with Gasteiger partial charge in [-0.25, -0.2) is 14.6 Å². The largest absolute Gasteiger partial charge is 0.416 e. The molecule has 1 aliphatic carbocycles. The molecule has 0 unspecified atom stereocenters. The average molecular weight is 451 g/mol. The molecular weight excluding hydrogens is 431 g/mol. The second-order valence-electron chi connectivity index (χ2n) is 7.33. The molecule has 4 rings (SSSR count). The van der Waals surface area contributed by atoms with Crippen LogP contribution in [0.25, 0.3) is 5.69 Å². The maximum Gasteiger partial charge on any atom is 0.416 e. The van der Waals surface area contributed by atoms with E-state index in [2.05, 4.69) is 30.6 Å². The van der Waals surface area contributed by atoms with Crippen LogP contribution in [0.3, 0.4) is 0 Å². The third kappa shape index (κ3) is 5.43. The highest BCUT2D eigenvalue weighted by molar-refractivity contribution is 7.99. The highest BCUT2D eigenvalue weighted by Gasteiger charge is 2.31. The predicted molar refractivity (Wildman–Crippen MR) is 108 cm³/mol. The monoisotopic (exact) mass is 451 g/mol. The number of thioether (sulfide) groups is 1. The van der Waals surface area contributed by atoms with Crippen molar-refractivity contribution >= 4 is 23.4 Å². The van der Waals surface area contributed by atoms with E-state index in [1.165, 1.54) is 49.1 Å². The van der Waals surface area contributed by atoms with Crippen LogP contribution >= 0.6 is 11.8 Å². The summed E-state index contributed by atoms with van der Waals surface area (Å²) in [5.74, 6) is 0.882. The van der Waals surface area contributed by atoms with Gasteiger partial charge in [-0.15, -0.1) is 5.10 Å². The predicted octanol–water partition coefficient (Wildman–Crippen LogP) is 3.87. The van der Waals surface area contributed by atoms with E-state index in [0.717, 1.165) is 36.1 Å². The number of anilines is 1. The lowest BCUT2D eigenvalue weighted by Gasteiger charge is -2.14. The van der Waals surface area contributed by atoms with E-state index in [1.807, 2.05) is 0 Å². The number of nitrogens with zero attached hydrogens (tertiary/aromatic N) is 5. The second-order valence-corrected chi connectivity index (χ2v) is 8.27. The second kappa shape index (κ2) is 9.08. The molecule has 1 fully saturated rings. The first-order valence-corrected chi connectivity index (χ1v) is 10.8. The lowest BCUT2D eigenvalue weighted by Crippen LogP contribution is -2.17. The summed E-state index contributed by atoms with van der Waals surface area (Å²) in [5, 5.41) is 13.9. The van der Waals surface area contributed by atoms with Gasteiger partial charge in [-0.1, -0.05) is 37.4 Å². The SMILES string of the molecule is O=C(CSc1n[nH]c(CC2CCCC2)n1)Nc1cc(C(F)(F)F)ccc1-n1cncn1. The number of aromatic amines is 1. The van der Waals surface area contributed by atoms with E-state index in [9.17, 15) is 18.0 Å². The van der Waals surface area contributed by atoms with Crippen molar-refractivity contribution in [2.24, 2.45) is 5.92 Å². The molecule has 3 aromatic rings. The van der Waals surface area contributed by atoms with Crippen LogP contribution in [-0.2, 0) is 17.4 Å². The van der Waals surface area contributed by atoms with E-state index in [1.54, 1.807) is 0 Å². The molecule has 1 aliphatic rings. The molecule has 1 saturated carbocycles. The average Bonchev–Trinajstić information content (AvgIpc) is 3.49. The van der Waals surface area contributed by atoms with Gasteiger partial charge in [0.1, 0.15) is 18.5 Å². The molecule has 164 valence electrons. The number of carbonyl (C=O) groups excluding carboxylic acids is 1. The molecule has 0 aliphatic heterocycles. The van der Waals surface area contributed by atoms with Gasteiger partial charge in [0, 0.05) is 6.42 Å². The molecule has 8 nitrogen and oxygen atoms in total. The van der Waals surface area contributed by atoms with Crippen LogP contribution < -0.4 is 5.32 Å². The third-order valence-corrected chi connectivity index (χ3v) is 5.91. The number of hydrogen-bond acceptors (Lipinski definition) is 6. The Balaban J connectivity index is 1.41. The van der Waals surface area contributed by atoms with Crippen LogP contribution in [0.4, 0.5) is 18.9 Å². The number of carbonyl (C=O) groups is 1. The zero-order valence-electron chi connectivity index (χ0n) is 16.4. The number of alkyl halides is 3. The van der Waals surface area contributed by atoms with Crippen molar-refractivity contribution in [3.05, 3.63) is 42.2 Å². The van der Waals surface area contributed by atoms with Crippen molar-refractivity contribution in [2.75, 3.05) is 11.1 Å². The number of halogens is 3. The maximum absolute atomic E-state index is 13.1. The summed E-state index contributed by atoms with van der Waals surface area (Å²) in [5.41, 5.74) is -0.603. The molecule has 0 atom stereocenters. The van der Waals surface area contributed by atoms with E-state index >= 15 is 0 Å². The molecule has 31 heavy (non-hydrogen) atoms. The van der Waals surface area contributed by atoms with Crippen molar-refractivity contribution in [1.82, 2.24) is 29.9 Å². The molecule has 1 amide bonds. The first kappa shape index (κ1) is 21.3. The summed E-state index contributed by atoms with van der Waals surface area (Å²) >= 11 is 1.12. The third-order valence-electron chi connectivity index (χ3n) is 5.06. The summed E-state index contributed by atoms with van der Waals surface area (Å²) in [6, 6.07) is 3.05. The van der Waals surface area contributed by atoms with Crippen LogP contribution in [0.2, 0.25) is 0 Å². The molecule has 0 bridgehead atoms. The number of amides is 1. The van der Waals surface area contributed by atoms with Gasteiger partial charge in [-0.3, -0.25) is 9.89 Å². The minimum Gasteiger partial charge on any atom is -0.323 e. The van der Waals surface area contributed by atoms with Crippen molar-refractivity contribution in [3.8, 4) is 5.69 Å². The topological polar surface area (TPSA) is 101 Å². The lowest BCUT2D eigenvalue weighted by molar-refractivity contribution is -0.137. The van der Waals surface area contributed by atoms with E-state index in [4.69, 9.17) is 0 Å². The van der Waals surface area contributed by atoms with Crippen LogP contribution in [0, 0.1) is 5.92 Å². The standard InChI is InChI=1S/C19H20F3N7OS/c20-19(21,22)13-5-6-15(29-11-23-10-24-29)14(8-13)25-17(30)9-31-18-26-16(27-28-18)7-12-3-1-2-4-12/h5-6,8,10-12H,1-4,7,9H2,(H,25,30)(H,26,27,28). The van der Waals surface area contributed by atoms with Gasteiger partial charge in [-0.2, -0.15) is 18.3 Å². The Kier molecular flexibility index (Phi) is 6.25. The van der Waals surface area contributed by atoms with E-state index in [0.29, 0.717) is 11.1 Å². The van der Waals surface area contributed by atoms with Gasteiger partial charge in [0.05, 0.1) is 22.7 Å². The van der Waals surface area contributed by atoms with Gasteiger partial charge in [-0.05, 0) is 24.1 Å². The first-order valence-electron chi connectivity index (χ1n) is 9.78. The fraction of sp³-hybridized carbons (Fsp3) is 0.421.